The lowest BCUT2D eigenvalue weighted by Gasteiger charge is -2.17. The van der Waals surface area contributed by atoms with Gasteiger partial charge in [0.15, 0.2) is 5.76 Å². The summed E-state index contributed by atoms with van der Waals surface area (Å²) in [4.78, 5) is 11.8. The Balaban J connectivity index is 0.00000361. The van der Waals surface area contributed by atoms with Gasteiger partial charge in [-0.05, 0) is 24.5 Å². The number of halogens is 1. The average Bonchev–Trinajstić information content (AvgIpc) is 2.76. The van der Waals surface area contributed by atoms with Crippen LogP contribution in [0.15, 0.2) is 21.6 Å². The van der Waals surface area contributed by atoms with Crippen molar-refractivity contribution in [3.63, 3.8) is 0 Å². The van der Waals surface area contributed by atoms with Crippen LogP contribution in [0.25, 0.3) is 0 Å². The standard InChI is InChI=1S/C11H19N3O4S.ClH/c1-7(2)5-8(6-12)14-11(15)9-3-4-10(18-9)19(13,16)17;/h3-4,7-8H,5-6,12H2,1-2H3,(H,14,15)(H2,13,16,17);1H. The van der Waals surface area contributed by atoms with Crippen LogP contribution in [0.1, 0.15) is 30.8 Å². The molecule has 1 rings (SSSR count). The van der Waals surface area contributed by atoms with Crippen molar-refractivity contribution in [2.24, 2.45) is 16.8 Å². The normalized spacial score (nSPS) is 12.8. The van der Waals surface area contributed by atoms with Gasteiger partial charge in [0.2, 0.25) is 5.09 Å². The number of hydrogen-bond acceptors (Lipinski definition) is 5. The van der Waals surface area contributed by atoms with E-state index in [1.165, 1.54) is 6.07 Å². The zero-order chi connectivity index (χ0) is 14.6. The number of nitrogens with one attached hydrogen (secondary N) is 1. The number of furan rings is 1. The van der Waals surface area contributed by atoms with Crippen LogP contribution in [-0.2, 0) is 10.0 Å². The van der Waals surface area contributed by atoms with E-state index in [1.807, 2.05) is 13.8 Å². The zero-order valence-corrected chi connectivity index (χ0v) is 13.0. The summed E-state index contributed by atoms with van der Waals surface area (Å²) in [6, 6.07) is 2.22. The molecule has 1 unspecified atom stereocenters. The van der Waals surface area contributed by atoms with E-state index in [0.717, 1.165) is 12.5 Å². The maximum atomic E-state index is 11.8. The van der Waals surface area contributed by atoms with Crippen molar-refractivity contribution in [1.82, 2.24) is 5.32 Å². The first-order valence-corrected chi connectivity index (χ1v) is 7.42. The van der Waals surface area contributed by atoms with Crippen LogP contribution in [0.2, 0.25) is 0 Å². The molecule has 0 saturated heterocycles. The summed E-state index contributed by atoms with van der Waals surface area (Å²) >= 11 is 0. The third kappa shape index (κ3) is 5.49. The van der Waals surface area contributed by atoms with E-state index in [-0.39, 0.29) is 24.2 Å². The van der Waals surface area contributed by atoms with Crippen LogP contribution in [0, 0.1) is 5.92 Å². The molecule has 1 amide bonds. The van der Waals surface area contributed by atoms with E-state index in [9.17, 15) is 13.2 Å². The summed E-state index contributed by atoms with van der Waals surface area (Å²) in [7, 11) is -3.94. The van der Waals surface area contributed by atoms with Gasteiger partial charge < -0.3 is 15.5 Å². The molecule has 0 saturated carbocycles. The zero-order valence-electron chi connectivity index (χ0n) is 11.3. The minimum Gasteiger partial charge on any atom is -0.438 e. The molecule has 0 aliphatic carbocycles. The largest absolute Gasteiger partial charge is 0.438 e. The van der Waals surface area contributed by atoms with Crippen molar-refractivity contribution < 1.29 is 17.6 Å². The lowest BCUT2D eigenvalue weighted by molar-refractivity contribution is 0.0900. The third-order valence-electron chi connectivity index (χ3n) is 2.46. The molecule has 20 heavy (non-hydrogen) atoms. The predicted molar refractivity (Wildman–Crippen MR) is 77.1 cm³/mol. The van der Waals surface area contributed by atoms with Crippen LogP contribution < -0.4 is 16.2 Å². The Morgan fingerprint density at radius 3 is 2.40 bits per heavy atom. The molecule has 0 spiro atoms. The molecule has 7 nitrogen and oxygen atoms in total. The summed E-state index contributed by atoms with van der Waals surface area (Å²) < 4.78 is 26.9. The van der Waals surface area contributed by atoms with Gasteiger partial charge in [-0.25, -0.2) is 13.6 Å². The molecule has 0 aromatic carbocycles. The highest BCUT2D eigenvalue weighted by Gasteiger charge is 2.19. The molecule has 1 aromatic rings. The second-order valence-electron chi connectivity index (χ2n) is 4.70. The van der Waals surface area contributed by atoms with E-state index in [1.54, 1.807) is 0 Å². The van der Waals surface area contributed by atoms with Crippen molar-refractivity contribution in [2.45, 2.75) is 31.4 Å². The quantitative estimate of drug-likeness (QED) is 0.699. The van der Waals surface area contributed by atoms with E-state index < -0.39 is 21.0 Å². The summed E-state index contributed by atoms with van der Waals surface area (Å²) in [6.07, 6.45) is 0.727. The van der Waals surface area contributed by atoms with Crippen molar-refractivity contribution in [3.05, 3.63) is 17.9 Å². The number of hydrogen-bond donors (Lipinski definition) is 3. The Kier molecular flexibility index (Phi) is 7.21. The van der Waals surface area contributed by atoms with Gasteiger partial charge in [-0.1, -0.05) is 13.8 Å². The molecule has 116 valence electrons. The van der Waals surface area contributed by atoms with Crippen LogP contribution in [0.5, 0.6) is 0 Å². The molecule has 0 radical (unpaired) electrons. The molecular formula is C11H20ClN3O4S. The molecule has 9 heteroatoms. The van der Waals surface area contributed by atoms with Crippen molar-refractivity contribution in [2.75, 3.05) is 6.54 Å². The van der Waals surface area contributed by atoms with Crippen LogP contribution in [0.4, 0.5) is 0 Å². The Morgan fingerprint density at radius 2 is 2.00 bits per heavy atom. The van der Waals surface area contributed by atoms with Gasteiger partial charge in [0, 0.05) is 12.6 Å². The van der Waals surface area contributed by atoms with E-state index in [2.05, 4.69) is 5.32 Å². The molecule has 0 aliphatic rings. The molecule has 0 fully saturated rings. The Hall–Kier alpha value is -1.09. The van der Waals surface area contributed by atoms with Crippen molar-refractivity contribution in [1.29, 1.82) is 0 Å². The summed E-state index contributed by atoms with van der Waals surface area (Å²) in [5, 5.41) is 7.14. The number of nitrogens with two attached hydrogens (primary N) is 2. The first-order valence-electron chi connectivity index (χ1n) is 5.87. The van der Waals surface area contributed by atoms with Gasteiger partial charge >= 0.3 is 0 Å². The van der Waals surface area contributed by atoms with Gasteiger partial charge in [-0.15, -0.1) is 12.4 Å². The fraction of sp³-hybridized carbons (Fsp3) is 0.545. The molecule has 1 heterocycles. The summed E-state index contributed by atoms with van der Waals surface area (Å²) in [5.74, 6) is -0.234. The molecule has 0 aliphatic heterocycles. The Bertz CT molecular complexity index is 542. The molecule has 1 atom stereocenters. The monoisotopic (exact) mass is 325 g/mol. The van der Waals surface area contributed by atoms with Gasteiger partial charge in [0.25, 0.3) is 15.9 Å². The fourth-order valence-electron chi connectivity index (χ4n) is 1.63. The highest BCUT2D eigenvalue weighted by Crippen LogP contribution is 2.12. The topological polar surface area (TPSA) is 128 Å². The first kappa shape index (κ1) is 18.9. The maximum Gasteiger partial charge on any atom is 0.287 e. The number of carbonyl (C=O) groups is 1. The predicted octanol–water partition coefficient (Wildman–Crippen LogP) is 0.452. The lowest BCUT2D eigenvalue weighted by atomic mass is 10.0. The molecule has 0 bridgehead atoms. The Morgan fingerprint density at radius 1 is 1.40 bits per heavy atom. The van der Waals surface area contributed by atoms with E-state index >= 15 is 0 Å². The van der Waals surface area contributed by atoms with Gasteiger partial charge in [-0.3, -0.25) is 4.79 Å². The number of rotatable bonds is 6. The van der Waals surface area contributed by atoms with Crippen LogP contribution in [-0.4, -0.2) is 26.9 Å². The van der Waals surface area contributed by atoms with E-state index in [4.69, 9.17) is 15.3 Å². The lowest BCUT2D eigenvalue weighted by Crippen LogP contribution is -2.40. The second kappa shape index (κ2) is 7.63. The summed E-state index contributed by atoms with van der Waals surface area (Å²) in [6.45, 7) is 4.33. The molecule has 1 aromatic heterocycles. The smallest absolute Gasteiger partial charge is 0.287 e. The highest BCUT2D eigenvalue weighted by molar-refractivity contribution is 7.89. The molecular weight excluding hydrogens is 306 g/mol. The van der Waals surface area contributed by atoms with Gasteiger partial charge in [0.05, 0.1) is 0 Å². The maximum absolute atomic E-state index is 11.8. The van der Waals surface area contributed by atoms with Crippen molar-refractivity contribution in [3.8, 4) is 0 Å². The summed E-state index contributed by atoms with van der Waals surface area (Å²) in [5.41, 5.74) is 5.56. The van der Waals surface area contributed by atoms with Crippen LogP contribution >= 0.6 is 12.4 Å². The van der Waals surface area contributed by atoms with Crippen LogP contribution in [0.3, 0.4) is 0 Å². The third-order valence-corrected chi connectivity index (χ3v) is 3.24. The average molecular weight is 326 g/mol. The fourth-order valence-corrected chi connectivity index (χ4v) is 2.10. The Labute approximate surface area is 124 Å². The number of primary sulfonamides is 1. The highest BCUT2D eigenvalue weighted by atomic mass is 35.5. The van der Waals surface area contributed by atoms with Gasteiger partial charge in [-0.2, -0.15) is 0 Å². The molecule has 5 N–H and O–H groups in total. The minimum absolute atomic E-state index is 0. The second-order valence-corrected chi connectivity index (χ2v) is 6.19. The number of sulfonamides is 1. The van der Waals surface area contributed by atoms with E-state index in [0.29, 0.717) is 12.5 Å². The van der Waals surface area contributed by atoms with Crippen molar-refractivity contribution >= 4 is 28.3 Å². The first-order chi connectivity index (χ1) is 8.74. The number of amides is 1. The number of carbonyl (C=O) groups excluding carboxylic acids is 1. The minimum atomic E-state index is -3.94. The van der Waals surface area contributed by atoms with Gasteiger partial charge in [0.1, 0.15) is 0 Å². The SMILES string of the molecule is CC(C)CC(CN)NC(=O)c1ccc(S(N)(=O)=O)o1.Cl.